The van der Waals surface area contributed by atoms with Crippen molar-refractivity contribution >= 4 is 5.69 Å². The Hall–Kier alpha value is -2.76. The summed E-state index contributed by atoms with van der Waals surface area (Å²) in [4.78, 5) is 10.2. The molecule has 110 valence electrons. The number of nitrogens with zero attached hydrogens (tertiary/aromatic N) is 1. The van der Waals surface area contributed by atoms with Gasteiger partial charge in [0, 0.05) is 6.07 Å². The van der Waals surface area contributed by atoms with Crippen LogP contribution in [0.4, 0.5) is 5.69 Å². The third-order valence-electron chi connectivity index (χ3n) is 2.90. The van der Waals surface area contributed by atoms with E-state index < -0.39 is 4.92 Å². The van der Waals surface area contributed by atoms with Crippen LogP contribution in [0, 0.1) is 10.1 Å². The molecule has 0 aliphatic carbocycles. The number of benzene rings is 2. The molecular weight excluding hydrogens is 274 g/mol. The van der Waals surface area contributed by atoms with Crippen LogP contribution in [0.1, 0.15) is 18.9 Å². The predicted octanol–water partition coefficient (Wildman–Crippen LogP) is 3.75. The molecule has 0 aliphatic heterocycles. The van der Waals surface area contributed by atoms with Gasteiger partial charge in [0.2, 0.25) is 5.75 Å². The lowest BCUT2D eigenvalue weighted by Crippen LogP contribution is -1.91. The number of nitro benzene ring substituents is 1. The lowest BCUT2D eigenvalue weighted by molar-refractivity contribution is -0.384. The van der Waals surface area contributed by atoms with E-state index >= 15 is 0 Å². The summed E-state index contributed by atoms with van der Waals surface area (Å²) in [5.74, 6) is -0.358. The normalized spacial score (nSPS) is 10.3. The van der Waals surface area contributed by atoms with Gasteiger partial charge in [0.1, 0.15) is 5.75 Å². The number of nitro groups is 1. The van der Waals surface area contributed by atoms with E-state index in [2.05, 4.69) is 0 Å². The quantitative estimate of drug-likeness (QED) is 0.646. The van der Waals surface area contributed by atoms with Crippen molar-refractivity contribution in [3.63, 3.8) is 0 Å². The molecule has 2 rings (SSSR count). The molecule has 6 nitrogen and oxygen atoms in total. The molecule has 0 spiro atoms. The molecule has 0 unspecified atom stereocenters. The van der Waals surface area contributed by atoms with Crippen molar-refractivity contribution < 1.29 is 19.9 Å². The van der Waals surface area contributed by atoms with Crippen LogP contribution in [0.3, 0.4) is 0 Å². The van der Waals surface area contributed by atoms with Crippen LogP contribution < -0.4 is 4.74 Å². The van der Waals surface area contributed by atoms with E-state index in [0.717, 1.165) is 18.4 Å². The molecule has 0 atom stereocenters. The average Bonchev–Trinajstić information content (AvgIpc) is 2.43. The second-order valence-electron chi connectivity index (χ2n) is 4.57. The van der Waals surface area contributed by atoms with Crippen molar-refractivity contribution in [2.75, 3.05) is 0 Å². The number of phenolic OH excluding ortho intramolecular Hbond substituents is 2. The zero-order chi connectivity index (χ0) is 15.4. The number of aromatic hydroxyl groups is 2. The van der Waals surface area contributed by atoms with Gasteiger partial charge in [0.25, 0.3) is 5.69 Å². The molecule has 0 saturated carbocycles. The fraction of sp³-hybridized carbons (Fsp3) is 0.200. The summed E-state index contributed by atoms with van der Waals surface area (Å²) >= 11 is 0. The summed E-state index contributed by atoms with van der Waals surface area (Å²) in [5, 5.41) is 30.5. The maximum Gasteiger partial charge on any atom is 0.273 e. The van der Waals surface area contributed by atoms with E-state index in [1.54, 1.807) is 0 Å². The number of aryl methyl sites for hydroxylation is 1. The van der Waals surface area contributed by atoms with Crippen molar-refractivity contribution in [1.29, 1.82) is 0 Å². The van der Waals surface area contributed by atoms with Gasteiger partial charge >= 0.3 is 0 Å². The molecule has 0 amide bonds. The zero-order valence-corrected chi connectivity index (χ0v) is 11.4. The fourth-order valence-corrected chi connectivity index (χ4v) is 1.97. The smallest absolute Gasteiger partial charge is 0.273 e. The summed E-state index contributed by atoms with van der Waals surface area (Å²) in [6, 6.07) is 8.54. The SMILES string of the molecule is CCCc1cc(O)c(Oc2cccc([N+](=O)[O-])c2)c(O)c1. The van der Waals surface area contributed by atoms with Gasteiger partial charge < -0.3 is 14.9 Å². The summed E-state index contributed by atoms with van der Waals surface area (Å²) in [7, 11) is 0. The van der Waals surface area contributed by atoms with Crippen LogP contribution in [0.5, 0.6) is 23.0 Å². The Labute approximate surface area is 121 Å². The molecular formula is C15H15NO5. The highest BCUT2D eigenvalue weighted by molar-refractivity contribution is 5.54. The Morgan fingerprint density at radius 2 is 1.86 bits per heavy atom. The van der Waals surface area contributed by atoms with E-state index in [1.165, 1.54) is 36.4 Å². The first-order chi connectivity index (χ1) is 10.0. The molecule has 0 heterocycles. The van der Waals surface area contributed by atoms with Gasteiger partial charge in [-0.2, -0.15) is 0 Å². The van der Waals surface area contributed by atoms with Gasteiger partial charge in [-0.15, -0.1) is 0 Å². The molecule has 2 aromatic carbocycles. The Morgan fingerprint density at radius 3 is 2.43 bits per heavy atom. The van der Waals surface area contributed by atoms with Gasteiger partial charge in [-0.05, 0) is 30.2 Å². The topological polar surface area (TPSA) is 92.8 Å². The van der Waals surface area contributed by atoms with E-state index in [9.17, 15) is 20.3 Å². The fourth-order valence-electron chi connectivity index (χ4n) is 1.97. The number of rotatable bonds is 5. The molecule has 0 aromatic heterocycles. The van der Waals surface area contributed by atoms with Crippen LogP contribution in [0.25, 0.3) is 0 Å². The Balaban J connectivity index is 2.31. The van der Waals surface area contributed by atoms with Gasteiger partial charge in [-0.25, -0.2) is 0 Å². The number of ether oxygens (including phenoxy) is 1. The van der Waals surface area contributed by atoms with E-state index in [0.29, 0.717) is 0 Å². The molecule has 0 radical (unpaired) electrons. The molecule has 6 heteroatoms. The van der Waals surface area contributed by atoms with Gasteiger partial charge in [-0.3, -0.25) is 10.1 Å². The third-order valence-corrected chi connectivity index (χ3v) is 2.90. The number of hydrogen-bond donors (Lipinski definition) is 2. The molecule has 0 saturated heterocycles. The van der Waals surface area contributed by atoms with Crippen molar-refractivity contribution in [3.05, 3.63) is 52.1 Å². The highest BCUT2D eigenvalue weighted by Crippen LogP contribution is 2.40. The summed E-state index contributed by atoms with van der Waals surface area (Å²) < 4.78 is 5.36. The summed E-state index contributed by atoms with van der Waals surface area (Å²) in [6.07, 6.45) is 1.60. The Bertz CT molecular complexity index is 646. The maximum atomic E-state index is 10.7. The summed E-state index contributed by atoms with van der Waals surface area (Å²) in [5.41, 5.74) is 0.660. The Kier molecular flexibility index (Phi) is 4.27. The van der Waals surface area contributed by atoms with Crippen LogP contribution in [0.15, 0.2) is 36.4 Å². The lowest BCUT2D eigenvalue weighted by Gasteiger charge is -2.11. The third kappa shape index (κ3) is 3.42. The van der Waals surface area contributed by atoms with Crippen molar-refractivity contribution in [2.45, 2.75) is 19.8 Å². The average molecular weight is 289 g/mol. The molecule has 0 fully saturated rings. The minimum atomic E-state index is -0.545. The highest BCUT2D eigenvalue weighted by atomic mass is 16.6. The molecule has 21 heavy (non-hydrogen) atoms. The highest BCUT2D eigenvalue weighted by Gasteiger charge is 2.14. The van der Waals surface area contributed by atoms with E-state index in [1.807, 2.05) is 6.92 Å². The molecule has 0 bridgehead atoms. The minimum Gasteiger partial charge on any atom is -0.504 e. The van der Waals surface area contributed by atoms with Crippen LogP contribution in [-0.4, -0.2) is 15.1 Å². The van der Waals surface area contributed by atoms with Crippen LogP contribution in [0.2, 0.25) is 0 Å². The monoisotopic (exact) mass is 289 g/mol. The molecule has 2 N–H and O–H groups in total. The van der Waals surface area contributed by atoms with Crippen molar-refractivity contribution in [2.24, 2.45) is 0 Å². The molecule has 2 aromatic rings. The first-order valence-corrected chi connectivity index (χ1v) is 6.48. The van der Waals surface area contributed by atoms with Gasteiger partial charge in [0.05, 0.1) is 11.0 Å². The molecule has 0 aliphatic rings. The predicted molar refractivity (Wildman–Crippen MR) is 76.9 cm³/mol. The van der Waals surface area contributed by atoms with Crippen LogP contribution in [-0.2, 0) is 6.42 Å². The van der Waals surface area contributed by atoms with Crippen molar-refractivity contribution in [1.82, 2.24) is 0 Å². The largest absolute Gasteiger partial charge is 0.504 e. The van der Waals surface area contributed by atoms with E-state index in [4.69, 9.17) is 4.74 Å². The number of hydrogen-bond acceptors (Lipinski definition) is 5. The first-order valence-electron chi connectivity index (χ1n) is 6.48. The van der Waals surface area contributed by atoms with Crippen molar-refractivity contribution in [3.8, 4) is 23.0 Å². The second-order valence-corrected chi connectivity index (χ2v) is 4.57. The minimum absolute atomic E-state index is 0.115. The summed E-state index contributed by atoms with van der Waals surface area (Å²) in [6.45, 7) is 1.99. The second kappa shape index (κ2) is 6.13. The zero-order valence-electron chi connectivity index (χ0n) is 11.4. The van der Waals surface area contributed by atoms with Gasteiger partial charge in [-0.1, -0.05) is 19.4 Å². The standard InChI is InChI=1S/C15H15NO5/c1-2-4-10-7-13(17)15(14(18)8-10)21-12-6-3-5-11(9-12)16(19)20/h3,5-9,17-18H,2,4H2,1H3. The number of non-ortho nitro benzene ring substituents is 1. The maximum absolute atomic E-state index is 10.7. The lowest BCUT2D eigenvalue weighted by atomic mass is 10.1. The van der Waals surface area contributed by atoms with E-state index in [-0.39, 0.29) is 28.7 Å². The van der Waals surface area contributed by atoms with Crippen LogP contribution >= 0.6 is 0 Å². The Morgan fingerprint density at radius 1 is 1.19 bits per heavy atom. The number of phenols is 2. The first kappa shape index (κ1) is 14.6. The van der Waals surface area contributed by atoms with Gasteiger partial charge in [0.15, 0.2) is 11.5 Å².